The summed E-state index contributed by atoms with van der Waals surface area (Å²) in [6.45, 7) is 0.436. The first-order valence-corrected chi connectivity index (χ1v) is 6.43. The summed E-state index contributed by atoms with van der Waals surface area (Å²) in [6.07, 6.45) is 0. The minimum absolute atomic E-state index is 0.436. The summed E-state index contributed by atoms with van der Waals surface area (Å²) in [6, 6.07) is 14.9. The Morgan fingerprint density at radius 1 is 1.22 bits per heavy atom. The van der Waals surface area contributed by atoms with E-state index < -0.39 is 0 Å². The lowest BCUT2D eigenvalue weighted by atomic mass is 10.2. The van der Waals surface area contributed by atoms with Gasteiger partial charge in [-0.25, -0.2) is 0 Å². The van der Waals surface area contributed by atoms with Gasteiger partial charge < -0.3 is 4.74 Å². The first kappa shape index (κ1) is 12.9. The predicted molar refractivity (Wildman–Crippen MR) is 74.6 cm³/mol. The maximum Gasteiger partial charge on any atom is 0.138 e. The van der Waals surface area contributed by atoms with E-state index in [2.05, 4.69) is 15.9 Å². The van der Waals surface area contributed by atoms with Gasteiger partial charge in [-0.15, -0.1) is 0 Å². The fourth-order valence-corrected chi connectivity index (χ4v) is 2.16. The molecular formula is C14H9BrClNO. The molecule has 0 heterocycles. The third-order valence-electron chi connectivity index (χ3n) is 2.34. The monoisotopic (exact) mass is 321 g/mol. The molecule has 0 unspecified atom stereocenters. The quantitative estimate of drug-likeness (QED) is 0.830. The smallest absolute Gasteiger partial charge is 0.138 e. The van der Waals surface area contributed by atoms with Crippen molar-refractivity contribution in [3.8, 4) is 11.8 Å². The molecule has 0 fully saturated rings. The number of hydrogen-bond acceptors (Lipinski definition) is 2. The highest BCUT2D eigenvalue weighted by Gasteiger charge is 2.03. The Labute approximate surface area is 119 Å². The second-order valence-corrected chi connectivity index (χ2v) is 5.00. The van der Waals surface area contributed by atoms with E-state index in [0.717, 1.165) is 10.0 Å². The zero-order valence-electron chi connectivity index (χ0n) is 9.36. The Kier molecular flexibility index (Phi) is 4.24. The lowest BCUT2D eigenvalue weighted by Crippen LogP contribution is -1.96. The number of nitrogens with zero attached hydrogens (tertiary/aromatic N) is 1. The lowest BCUT2D eigenvalue weighted by Gasteiger charge is -2.08. The Hall–Kier alpha value is -1.50. The largest absolute Gasteiger partial charge is 0.487 e. The van der Waals surface area contributed by atoms with E-state index in [-0.39, 0.29) is 0 Å². The summed E-state index contributed by atoms with van der Waals surface area (Å²) in [5, 5.41) is 9.18. The van der Waals surface area contributed by atoms with Crippen molar-refractivity contribution in [2.24, 2.45) is 0 Å². The highest BCUT2D eigenvalue weighted by molar-refractivity contribution is 9.10. The molecule has 0 bridgehead atoms. The van der Waals surface area contributed by atoms with Crippen LogP contribution in [0.25, 0.3) is 0 Å². The number of ether oxygens (including phenoxy) is 1. The van der Waals surface area contributed by atoms with Gasteiger partial charge in [0.2, 0.25) is 0 Å². The summed E-state index contributed by atoms with van der Waals surface area (Å²) in [5.74, 6) is 0.579. The van der Waals surface area contributed by atoms with E-state index in [4.69, 9.17) is 21.6 Å². The van der Waals surface area contributed by atoms with Crippen molar-refractivity contribution in [2.45, 2.75) is 6.61 Å². The molecule has 0 saturated heterocycles. The van der Waals surface area contributed by atoms with Crippen LogP contribution in [0.2, 0.25) is 5.02 Å². The van der Waals surface area contributed by atoms with Gasteiger partial charge in [-0.3, -0.25) is 0 Å². The van der Waals surface area contributed by atoms with Gasteiger partial charge in [0.05, 0.1) is 16.7 Å². The summed E-state index contributed by atoms with van der Waals surface area (Å²) in [4.78, 5) is 0. The Morgan fingerprint density at radius 2 is 2.06 bits per heavy atom. The molecule has 0 N–H and O–H groups in total. The van der Waals surface area contributed by atoms with Crippen LogP contribution in [0.15, 0.2) is 46.9 Å². The predicted octanol–water partition coefficient (Wildman–Crippen LogP) is 4.55. The third-order valence-corrected chi connectivity index (χ3v) is 3.13. The minimum atomic E-state index is 0.436. The summed E-state index contributed by atoms with van der Waals surface area (Å²) in [5.41, 5.74) is 1.57. The molecule has 0 saturated carbocycles. The van der Waals surface area contributed by atoms with Crippen molar-refractivity contribution in [3.05, 3.63) is 63.1 Å². The molecule has 2 rings (SSSR count). The zero-order chi connectivity index (χ0) is 13.0. The molecule has 2 aromatic carbocycles. The molecule has 0 aliphatic heterocycles. The van der Waals surface area contributed by atoms with Crippen LogP contribution in [0.1, 0.15) is 11.1 Å². The molecule has 0 aliphatic rings. The van der Waals surface area contributed by atoms with Crippen molar-refractivity contribution >= 4 is 27.5 Å². The van der Waals surface area contributed by atoms with Crippen LogP contribution in [0.4, 0.5) is 0 Å². The van der Waals surface area contributed by atoms with Gasteiger partial charge >= 0.3 is 0 Å². The number of hydrogen-bond donors (Lipinski definition) is 0. The molecule has 0 aromatic heterocycles. The average Bonchev–Trinajstić information content (AvgIpc) is 2.37. The van der Waals surface area contributed by atoms with Crippen molar-refractivity contribution < 1.29 is 4.74 Å². The maximum atomic E-state index is 8.74. The highest BCUT2D eigenvalue weighted by Crippen LogP contribution is 2.26. The molecule has 18 heavy (non-hydrogen) atoms. The van der Waals surface area contributed by atoms with Gasteiger partial charge in [0.15, 0.2) is 0 Å². The SMILES string of the molecule is N#Cc1ccc(OCc2cccc(Br)c2)c(Cl)c1. The second-order valence-electron chi connectivity index (χ2n) is 3.68. The minimum Gasteiger partial charge on any atom is -0.487 e. The van der Waals surface area contributed by atoms with E-state index in [1.54, 1.807) is 18.2 Å². The van der Waals surface area contributed by atoms with Crippen LogP contribution >= 0.6 is 27.5 Å². The average molecular weight is 323 g/mol. The highest BCUT2D eigenvalue weighted by atomic mass is 79.9. The van der Waals surface area contributed by atoms with Crippen molar-refractivity contribution in [2.75, 3.05) is 0 Å². The van der Waals surface area contributed by atoms with Gasteiger partial charge in [-0.1, -0.05) is 39.7 Å². The molecule has 0 aliphatic carbocycles. The van der Waals surface area contributed by atoms with Gasteiger partial charge in [0.1, 0.15) is 12.4 Å². The summed E-state index contributed by atoms with van der Waals surface area (Å²) < 4.78 is 6.62. The number of benzene rings is 2. The summed E-state index contributed by atoms with van der Waals surface area (Å²) in [7, 11) is 0. The molecule has 0 atom stereocenters. The van der Waals surface area contributed by atoms with Crippen molar-refractivity contribution in [3.63, 3.8) is 0 Å². The Balaban J connectivity index is 2.09. The zero-order valence-corrected chi connectivity index (χ0v) is 11.7. The van der Waals surface area contributed by atoms with Crippen LogP contribution in [0.5, 0.6) is 5.75 Å². The molecule has 0 radical (unpaired) electrons. The maximum absolute atomic E-state index is 8.74. The van der Waals surface area contributed by atoms with Crippen LogP contribution < -0.4 is 4.74 Å². The third kappa shape index (κ3) is 3.25. The van der Waals surface area contributed by atoms with Crippen LogP contribution in [0.3, 0.4) is 0 Å². The molecule has 2 nitrogen and oxygen atoms in total. The molecular weight excluding hydrogens is 314 g/mol. The van der Waals surface area contributed by atoms with Crippen LogP contribution in [0, 0.1) is 11.3 Å². The van der Waals surface area contributed by atoms with E-state index >= 15 is 0 Å². The molecule has 90 valence electrons. The normalized spacial score (nSPS) is 9.83. The van der Waals surface area contributed by atoms with Gasteiger partial charge in [-0.2, -0.15) is 5.26 Å². The van der Waals surface area contributed by atoms with E-state index in [1.807, 2.05) is 30.3 Å². The lowest BCUT2D eigenvalue weighted by molar-refractivity contribution is 0.306. The van der Waals surface area contributed by atoms with Crippen molar-refractivity contribution in [1.29, 1.82) is 5.26 Å². The number of nitriles is 1. The fourth-order valence-electron chi connectivity index (χ4n) is 1.48. The molecule has 4 heteroatoms. The van der Waals surface area contributed by atoms with E-state index in [1.165, 1.54) is 0 Å². The standard InChI is InChI=1S/C14H9BrClNO/c15-12-3-1-2-11(6-12)9-18-14-5-4-10(8-17)7-13(14)16/h1-7H,9H2. The molecule has 0 spiro atoms. The van der Waals surface area contributed by atoms with E-state index in [0.29, 0.717) is 22.9 Å². The van der Waals surface area contributed by atoms with Crippen LogP contribution in [-0.2, 0) is 6.61 Å². The number of halogens is 2. The topological polar surface area (TPSA) is 33.0 Å². The van der Waals surface area contributed by atoms with Crippen molar-refractivity contribution in [1.82, 2.24) is 0 Å². The Bertz CT molecular complexity index is 607. The fraction of sp³-hybridized carbons (Fsp3) is 0.0714. The molecule has 0 amide bonds. The second kappa shape index (κ2) is 5.90. The summed E-state index contributed by atoms with van der Waals surface area (Å²) >= 11 is 9.42. The van der Waals surface area contributed by atoms with E-state index in [9.17, 15) is 0 Å². The van der Waals surface area contributed by atoms with Gasteiger partial charge in [0.25, 0.3) is 0 Å². The van der Waals surface area contributed by atoms with Crippen LogP contribution in [-0.4, -0.2) is 0 Å². The molecule has 2 aromatic rings. The first-order chi connectivity index (χ1) is 8.69. The Morgan fingerprint density at radius 3 is 2.72 bits per heavy atom. The number of rotatable bonds is 3. The first-order valence-electron chi connectivity index (χ1n) is 5.26. The van der Waals surface area contributed by atoms with Gasteiger partial charge in [-0.05, 0) is 35.9 Å². The van der Waals surface area contributed by atoms with Gasteiger partial charge in [0, 0.05) is 4.47 Å².